The number of hydrogen-bond donors (Lipinski definition) is 2. The fraction of sp³-hybridized carbons (Fsp3) is 0.0588. The molecule has 3 rings (SSSR count). The third-order valence-electron chi connectivity index (χ3n) is 3.26. The van der Waals surface area contributed by atoms with Gasteiger partial charge < -0.3 is 10.6 Å². The molecule has 0 atom stereocenters. The second-order valence-electron chi connectivity index (χ2n) is 4.92. The molecule has 0 aliphatic heterocycles. The van der Waals surface area contributed by atoms with E-state index in [9.17, 15) is 4.79 Å². The van der Waals surface area contributed by atoms with Gasteiger partial charge in [0.2, 0.25) is 0 Å². The van der Waals surface area contributed by atoms with Crippen LogP contribution in [0, 0.1) is 0 Å². The zero-order chi connectivity index (χ0) is 16.9. The van der Waals surface area contributed by atoms with Crippen LogP contribution in [-0.4, -0.2) is 11.0 Å². The Balaban J connectivity index is 1.66. The third-order valence-corrected chi connectivity index (χ3v) is 4.88. The van der Waals surface area contributed by atoms with Gasteiger partial charge in [-0.05, 0) is 41.3 Å². The number of rotatable bonds is 4. The summed E-state index contributed by atoms with van der Waals surface area (Å²) < 4.78 is 0. The van der Waals surface area contributed by atoms with Crippen molar-refractivity contribution in [3.63, 3.8) is 0 Å². The first-order chi connectivity index (χ1) is 11.6. The average molecular weight is 378 g/mol. The molecule has 2 aromatic heterocycles. The Morgan fingerprint density at radius 2 is 2.00 bits per heavy atom. The summed E-state index contributed by atoms with van der Waals surface area (Å²) in [5.74, 6) is 0. The number of halogens is 2. The molecule has 0 unspecified atom stereocenters. The Bertz CT molecular complexity index is 853. The van der Waals surface area contributed by atoms with E-state index in [-0.39, 0.29) is 6.03 Å². The summed E-state index contributed by atoms with van der Waals surface area (Å²) in [4.78, 5) is 17.5. The smallest absolute Gasteiger partial charge is 0.319 e. The van der Waals surface area contributed by atoms with Crippen molar-refractivity contribution in [2.24, 2.45) is 0 Å². The van der Waals surface area contributed by atoms with Crippen molar-refractivity contribution in [3.05, 3.63) is 69.7 Å². The summed E-state index contributed by atoms with van der Waals surface area (Å²) >= 11 is 13.4. The molecule has 0 aliphatic carbocycles. The van der Waals surface area contributed by atoms with E-state index in [1.165, 1.54) is 0 Å². The minimum absolute atomic E-state index is 0.325. The van der Waals surface area contributed by atoms with Gasteiger partial charge in [0, 0.05) is 18.4 Å². The number of hydrogen-bond acceptors (Lipinski definition) is 3. The fourth-order valence-corrected chi connectivity index (χ4v) is 3.20. The Morgan fingerprint density at radius 3 is 2.75 bits per heavy atom. The Labute approximate surface area is 153 Å². The molecule has 2 amide bonds. The predicted octanol–water partition coefficient (Wildman–Crippen LogP) is 5.44. The van der Waals surface area contributed by atoms with Gasteiger partial charge in [0.25, 0.3) is 0 Å². The van der Waals surface area contributed by atoms with Gasteiger partial charge in [-0.15, -0.1) is 11.3 Å². The van der Waals surface area contributed by atoms with E-state index < -0.39 is 0 Å². The lowest BCUT2D eigenvalue weighted by atomic mass is 10.1. The van der Waals surface area contributed by atoms with Gasteiger partial charge >= 0.3 is 6.03 Å². The number of carbonyl (C=O) groups excluding carboxylic acids is 1. The number of pyridine rings is 1. The van der Waals surface area contributed by atoms with Crippen LogP contribution in [0.1, 0.15) is 5.56 Å². The maximum Gasteiger partial charge on any atom is 0.319 e. The highest BCUT2D eigenvalue weighted by molar-refractivity contribution is 7.13. The number of aromatic nitrogens is 1. The van der Waals surface area contributed by atoms with E-state index in [2.05, 4.69) is 15.6 Å². The van der Waals surface area contributed by atoms with Crippen LogP contribution in [0.25, 0.3) is 10.6 Å². The Hall–Kier alpha value is -2.08. The number of urea groups is 1. The fourth-order valence-electron chi connectivity index (χ4n) is 2.14. The molecule has 0 saturated carbocycles. The van der Waals surface area contributed by atoms with Crippen molar-refractivity contribution in [2.75, 3.05) is 5.32 Å². The van der Waals surface area contributed by atoms with Gasteiger partial charge in [-0.1, -0.05) is 35.3 Å². The molecule has 4 nitrogen and oxygen atoms in total. The molecule has 122 valence electrons. The highest BCUT2D eigenvalue weighted by atomic mass is 35.5. The number of anilines is 1. The zero-order valence-electron chi connectivity index (χ0n) is 12.4. The SMILES string of the molecule is O=C(NCc1cccnc1-c1cccs1)Nc1ccc(Cl)c(Cl)c1. The molecule has 0 fully saturated rings. The number of thiophene rings is 1. The highest BCUT2D eigenvalue weighted by Gasteiger charge is 2.09. The number of amides is 2. The summed E-state index contributed by atoms with van der Waals surface area (Å²) in [5.41, 5.74) is 2.40. The van der Waals surface area contributed by atoms with Gasteiger partial charge in [-0.25, -0.2) is 4.79 Å². The summed E-state index contributed by atoms with van der Waals surface area (Å²) in [6, 6.07) is 12.4. The largest absolute Gasteiger partial charge is 0.334 e. The number of nitrogens with zero attached hydrogens (tertiary/aromatic N) is 1. The van der Waals surface area contributed by atoms with E-state index in [1.54, 1.807) is 35.7 Å². The standard InChI is InChI=1S/C17H13Cl2N3OS/c18-13-6-5-12(9-14(13)19)22-17(23)21-10-11-3-1-7-20-16(11)15-4-2-8-24-15/h1-9H,10H2,(H2,21,22,23). The third kappa shape index (κ3) is 4.06. The molecule has 1 aromatic carbocycles. The van der Waals surface area contributed by atoms with E-state index in [1.807, 2.05) is 29.6 Å². The van der Waals surface area contributed by atoms with Crippen LogP contribution >= 0.6 is 34.5 Å². The molecule has 0 aliphatic rings. The first-order valence-electron chi connectivity index (χ1n) is 7.11. The average Bonchev–Trinajstić information content (AvgIpc) is 3.11. The summed E-state index contributed by atoms with van der Waals surface area (Å²) in [7, 11) is 0. The molecular formula is C17H13Cl2N3OS. The minimum Gasteiger partial charge on any atom is -0.334 e. The van der Waals surface area contributed by atoms with Crippen molar-refractivity contribution in [3.8, 4) is 10.6 Å². The molecule has 24 heavy (non-hydrogen) atoms. The lowest BCUT2D eigenvalue weighted by Crippen LogP contribution is -2.28. The normalized spacial score (nSPS) is 10.4. The van der Waals surface area contributed by atoms with E-state index in [0.717, 1.165) is 16.1 Å². The maximum atomic E-state index is 12.1. The van der Waals surface area contributed by atoms with Crippen LogP contribution in [-0.2, 0) is 6.54 Å². The van der Waals surface area contributed by atoms with Crippen molar-refractivity contribution >= 4 is 46.3 Å². The van der Waals surface area contributed by atoms with Crippen molar-refractivity contribution in [1.82, 2.24) is 10.3 Å². The lowest BCUT2D eigenvalue weighted by molar-refractivity contribution is 0.252. The van der Waals surface area contributed by atoms with Crippen LogP contribution in [0.15, 0.2) is 54.0 Å². The van der Waals surface area contributed by atoms with Crippen molar-refractivity contribution in [2.45, 2.75) is 6.54 Å². The number of nitrogens with one attached hydrogen (secondary N) is 2. The highest BCUT2D eigenvalue weighted by Crippen LogP contribution is 2.26. The zero-order valence-corrected chi connectivity index (χ0v) is 14.8. The number of carbonyl (C=O) groups is 1. The molecule has 2 N–H and O–H groups in total. The van der Waals surface area contributed by atoms with Crippen LogP contribution in [0.4, 0.5) is 10.5 Å². The number of benzene rings is 1. The minimum atomic E-state index is -0.325. The van der Waals surface area contributed by atoms with Crippen molar-refractivity contribution in [1.29, 1.82) is 0 Å². The second kappa shape index (κ2) is 7.66. The van der Waals surface area contributed by atoms with Gasteiger partial charge in [0.15, 0.2) is 0 Å². The monoisotopic (exact) mass is 377 g/mol. The van der Waals surface area contributed by atoms with Gasteiger partial charge in [0.1, 0.15) is 0 Å². The van der Waals surface area contributed by atoms with E-state index in [4.69, 9.17) is 23.2 Å². The lowest BCUT2D eigenvalue weighted by Gasteiger charge is -2.10. The van der Waals surface area contributed by atoms with Crippen LogP contribution < -0.4 is 10.6 Å². The molecule has 7 heteroatoms. The Morgan fingerprint density at radius 1 is 1.12 bits per heavy atom. The Kier molecular flexibility index (Phi) is 5.35. The second-order valence-corrected chi connectivity index (χ2v) is 6.69. The first kappa shape index (κ1) is 16.8. The topological polar surface area (TPSA) is 54.0 Å². The summed E-state index contributed by atoms with van der Waals surface area (Å²) in [6.45, 7) is 0.369. The molecule has 2 heterocycles. The van der Waals surface area contributed by atoms with Crippen molar-refractivity contribution < 1.29 is 4.79 Å². The van der Waals surface area contributed by atoms with Crippen LogP contribution in [0.3, 0.4) is 0 Å². The maximum absolute atomic E-state index is 12.1. The van der Waals surface area contributed by atoms with Gasteiger partial charge in [-0.3, -0.25) is 4.98 Å². The summed E-state index contributed by atoms with van der Waals surface area (Å²) in [5, 5.41) is 8.38. The predicted molar refractivity (Wildman–Crippen MR) is 99.9 cm³/mol. The molecule has 3 aromatic rings. The molecule has 0 radical (unpaired) electrons. The molecular weight excluding hydrogens is 365 g/mol. The molecule has 0 saturated heterocycles. The van der Waals surface area contributed by atoms with E-state index >= 15 is 0 Å². The van der Waals surface area contributed by atoms with E-state index in [0.29, 0.717) is 22.3 Å². The molecule has 0 bridgehead atoms. The first-order valence-corrected chi connectivity index (χ1v) is 8.75. The van der Waals surface area contributed by atoms with Gasteiger partial charge in [0.05, 0.1) is 20.6 Å². The van der Waals surface area contributed by atoms with Gasteiger partial charge in [-0.2, -0.15) is 0 Å². The quantitative estimate of drug-likeness (QED) is 0.635. The van der Waals surface area contributed by atoms with Crippen LogP contribution in [0.2, 0.25) is 10.0 Å². The van der Waals surface area contributed by atoms with Crippen LogP contribution in [0.5, 0.6) is 0 Å². The molecule has 0 spiro atoms. The summed E-state index contributed by atoms with van der Waals surface area (Å²) in [6.07, 6.45) is 1.74.